The molecule has 0 saturated heterocycles. The maximum absolute atomic E-state index is 9.61. The Morgan fingerprint density at radius 3 is 1.76 bits per heavy atom. The molecule has 0 amide bonds. The van der Waals surface area contributed by atoms with E-state index in [0.29, 0.717) is 5.92 Å². The lowest BCUT2D eigenvalue weighted by atomic mass is 9.83. The van der Waals surface area contributed by atoms with Gasteiger partial charge < -0.3 is 5.11 Å². The quantitative estimate of drug-likeness (QED) is 0.845. The van der Waals surface area contributed by atoms with Crippen LogP contribution in [0.15, 0.2) is 60.7 Å². The summed E-state index contributed by atoms with van der Waals surface area (Å²) in [6.45, 7) is 2.35. The van der Waals surface area contributed by atoms with Gasteiger partial charge in [0.2, 0.25) is 0 Å². The highest BCUT2D eigenvalue weighted by Crippen LogP contribution is 2.31. The van der Waals surface area contributed by atoms with Crippen LogP contribution < -0.4 is 0 Å². The third-order valence-electron chi connectivity index (χ3n) is 3.35. The monoisotopic (exact) mass is 226 g/mol. The molecule has 0 fully saturated rings. The van der Waals surface area contributed by atoms with E-state index in [9.17, 15) is 5.11 Å². The molecule has 0 aromatic heterocycles. The number of benzene rings is 2. The van der Waals surface area contributed by atoms with Crippen molar-refractivity contribution >= 4 is 0 Å². The van der Waals surface area contributed by atoms with Gasteiger partial charge in [-0.1, -0.05) is 67.6 Å². The Balaban J connectivity index is 2.25. The second kappa shape index (κ2) is 5.65. The maximum Gasteiger partial charge on any atom is 0.0505 e. The van der Waals surface area contributed by atoms with Crippen molar-refractivity contribution in [3.63, 3.8) is 0 Å². The van der Waals surface area contributed by atoms with Crippen LogP contribution in [0.2, 0.25) is 0 Å². The lowest BCUT2D eigenvalue weighted by molar-refractivity contribution is 0.251. The number of aliphatic hydroxyl groups excluding tert-OH is 1. The largest absolute Gasteiger partial charge is 0.396 e. The zero-order valence-corrected chi connectivity index (χ0v) is 10.1. The van der Waals surface area contributed by atoms with Crippen molar-refractivity contribution < 1.29 is 5.11 Å². The van der Waals surface area contributed by atoms with E-state index in [2.05, 4.69) is 31.2 Å². The van der Waals surface area contributed by atoms with Crippen LogP contribution in [0.5, 0.6) is 0 Å². The van der Waals surface area contributed by atoms with Crippen molar-refractivity contribution in [1.82, 2.24) is 0 Å². The molecule has 0 aliphatic carbocycles. The Kier molecular flexibility index (Phi) is 3.94. The summed E-state index contributed by atoms with van der Waals surface area (Å²) in [6, 6.07) is 20.6. The fourth-order valence-electron chi connectivity index (χ4n) is 2.24. The van der Waals surface area contributed by atoms with Gasteiger partial charge in [0, 0.05) is 5.92 Å². The van der Waals surface area contributed by atoms with Gasteiger partial charge in [-0.25, -0.2) is 0 Å². The van der Waals surface area contributed by atoms with Crippen LogP contribution in [0.4, 0.5) is 0 Å². The van der Waals surface area contributed by atoms with Crippen molar-refractivity contribution in [1.29, 1.82) is 0 Å². The molecule has 88 valence electrons. The number of aliphatic hydroxyl groups is 1. The smallest absolute Gasteiger partial charge is 0.0505 e. The summed E-state index contributed by atoms with van der Waals surface area (Å²) in [5, 5.41) is 9.61. The molecule has 1 nitrogen and oxygen atoms in total. The average Bonchev–Trinajstić information content (AvgIpc) is 2.42. The molecular weight excluding hydrogens is 208 g/mol. The first kappa shape index (κ1) is 11.9. The molecule has 0 aliphatic heterocycles. The van der Waals surface area contributed by atoms with Crippen molar-refractivity contribution in [3.05, 3.63) is 71.8 Å². The SMILES string of the molecule is CC(c1ccccc1)C(CO)c1ccccc1. The molecule has 1 heteroatoms. The molecule has 0 heterocycles. The van der Waals surface area contributed by atoms with Gasteiger partial charge in [0.1, 0.15) is 0 Å². The van der Waals surface area contributed by atoms with Crippen LogP contribution in [-0.2, 0) is 0 Å². The number of rotatable bonds is 4. The predicted molar refractivity (Wildman–Crippen MR) is 71.1 cm³/mol. The highest BCUT2D eigenvalue weighted by Gasteiger charge is 2.19. The van der Waals surface area contributed by atoms with Gasteiger partial charge in [0.05, 0.1) is 6.61 Å². The average molecular weight is 226 g/mol. The Labute approximate surface area is 103 Å². The van der Waals surface area contributed by atoms with E-state index < -0.39 is 0 Å². The lowest BCUT2D eigenvalue weighted by Crippen LogP contribution is -2.12. The highest BCUT2D eigenvalue weighted by atomic mass is 16.3. The molecule has 0 aliphatic rings. The van der Waals surface area contributed by atoms with Gasteiger partial charge in [-0.2, -0.15) is 0 Å². The first-order valence-corrected chi connectivity index (χ1v) is 6.03. The standard InChI is InChI=1S/C16H18O/c1-13(14-8-4-2-5-9-14)16(12-17)15-10-6-3-7-11-15/h2-11,13,16-17H,12H2,1H3. The molecule has 0 bridgehead atoms. The molecule has 2 unspecified atom stereocenters. The van der Waals surface area contributed by atoms with Crippen LogP contribution in [0.1, 0.15) is 29.9 Å². The molecule has 1 N–H and O–H groups in total. The van der Waals surface area contributed by atoms with E-state index in [4.69, 9.17) is 0 Å². The second-order valence-corrected chi connectivity index (χ2v) is 4.40. The van der Waals surface area contributed by atoms with E-state index in [1.165, 1.54) is 11.1 Å². The Hall–Kier alpha value is -1.60. The summed E-state index contributed by atoms with van der Waals surface area (Å²) in [6.07, 6.45) is 0. The van der Waals surface area contributed by atoms with Crippen molar-refractivity contribution in [3.8, 4) is 0 Å². The fourth-order valence-corrected chi connectivity index (χ4v) is 2.24. The van der Waals surface area contributed by atoms with Gasteiger partial charge in [-0.05, 0) is 17.0 Å². The van der Waals surface area contributed by atoms with E-state index in [0.717, 1.165) is 0 Å². The Bertz CT molecular complexity index is 436. The predicted octanol–water partition coefficient (Wildman–Crippen LogP) is 3.57. The summed E-state index contributed by atoms with van der Waals surface area (Å²) in [5.41, 5.74) is 2.47. The topological polar surface area (TPSA) is 20.2 Å². The van der Waals surface area contributed by atoms with Crippen LogP contribution in [0.25, 0.3) is 0 Å². The maximum atomic E-state index is 9.61. The molecule has 0 saturated carbocycles. The number of hydrogen-bond donors (Lipinski definition) is 1. The van der Waals surface area contributed by atoms with E-state index in [-0.39, 0.29) is 12.5 Å². The van der Waals surface area contributed by atoms with Gasteiger partial charge >= 0.3 is 0 Å². The van der Waals surface area contributed by atoms with Crippen LogP contribution >= 0.6 is 0 Å². The molecule has 0 radical (unpaired) electrons. The van der Waals surface area contributed by atoms with Gasteiger partial charge in [-0.15, -0.1) is 0 Å². The Morgan fingerprint density at radius 2 is 1.29 bits per heavy atom. The molecule has 2 rings (SSSR count). The zero-order valence-electron chi connectivity index (χ0n) is 10.1. The first-order valence-electron chi connectivity index (χ1n) is 6.03. The minimum atomic E-state index is 0.165. The van der Waals surface area contributed by atoms with E-state index in [1.54, 1.807) is 0 Å². The van der Waals surface area contributed by atoms with E-state index in [1.807, 2.05) is 36.4 Å². The highest BCUT2D eigenvalue weighted by molar-refractivity contribution is 5.28. The zero-order chi connectivity index (χ0) is 12.1. The summed E-state index contributed by atoms with van der Waals surface area (Å²) in [7, 11) is 0. The molecule has 2 aromatic rings. The molecule has 2 atom stereocenters. The van der Waals surface area contributed by atoms with Crippen molar-refractivity contribution in [2.24, 2.45) is 0 Å². The van der Waals surface area contributed by atoms with Gasteiger partial charge in [0.25, 0.3) is 0 Å². The van der Waals surface area contributed by atoms with Gasteiger partial charge in [0.15, 0.2) is 0 Å². The normalized spacial score (nSPS) is 14.2. The Morgan fingerprint density at radius 1 is 0.824 bits per heavy atom. The lowest BCUT2D eigenvalue weighted by Gasteiger charge is -2.22. The molecule has 0 spiro atoms. The first-order chi connectivity index (χ1) is 8.33. The third kappa shape index (κ3) is 2.75. The van der Waals surface area contributed by atoms with E-state index >= 15 is 0 Å². The number of hydrogen-bond acceptors (Lipinski definition) is 1. The summed E-state index contributed by atoms with van der Waals surface area (Å²) >= 11 is 0. The minimum absolute atomic E-state index is 0.165. The van der Waals surface area contributed by atoms with Crippen molar-refractivity contribution in [2.75, 3.05) is 6.61 Å². The molecule has 17 heavy (non-hydrogen) atoms. The van der Waals surface area contributed by atoms with Crippen LogP contribution in [-0.4, -0.2) is 11.7 Å². The van der Waals surface area contributed by atoms with Crippen LogP contribution in [0.3, 0.4) is 0 Å². The molecular formula is C16H18O. The minimum Gasteiger partial charge on any atom is -0.396 e. The summed E-state index contributed by atoms with van der Waals surface area (Å²) in [4.78, 5) is 0. The van der Waals surface area contributed by atoms with Crippen LogP contribution in [0, 0.1) is 0 Å². The summed E-state index contributed by atoms with van der Waals surface area (Å²) < 4.78 is 0. The fraction of sp³-hybridized carbons (Fsp3) is 0.250. The molecule has 2 aromatic carbocycles. The second-order valence-electron chi connectivity index (χ2n) is 4.40. The summed E-state index contributed by atoms with van der Waals surface area (Å²) in [5.74, 6) is 0.488. The van der Waals surface area contributed by atoms with Crippen molar-refractivity contribution in [2.45, 2.75) is 18.8 Å². The third-order valence-corrected chi connectivity index (χ3v) is 3.35. The van der Waals surface area contributed by atoms with Gasteiger partial charge in [-0.3, -0.25) is 0 Å².